The van der Waals surface area contributed by atoms with Gasteiger partial charge in [-0.25, -0.2) is 5.43 Å². The minimum atomic E-state index is -0.447. The molecule has 1 aromatic heterocycles. The molecule has 0 radical (unpaired) electrons. The van der Waals surface area contributed by atoms with Gasteiger partial charge in [-0.05, 0) is 47.9 Å². The van der Waals surface area contributed by atoms with E-state index in [2.05, 4.69) is 64.1 Å². The van der Waals surface area contributed by atoms with Crippen LogP contribution in [0, 0.1) is 0 Å². The summed E-state index contributed by atoms with van der Waals surface area (Å²) in [5.41, 5.74) is 10.6. The maximum atomic E-state index is 11.1. The molecule has 1 amide bonds. The lowest BCUT2D eigenvalue weighted by Crippen LogP contribution is -2.45. The van der Waals surface area contributed by atoms with Gasteiger partial charge in [-0.2, -0.15) is 0 Å². The van der Waals surface area contributed by atoms with Crippen molar-refractivity contribution in [2.75, 3.05) is 6.54 Å². The lowest BCUT2D eigenvalue weighted by atomic mass is 10.0. The first-order valence-electron chi connectivity index (χ1n) is 11.6. The van der Waals surface area contributed by atoms with Crippen molar-refractivity contribution in [2.24, 2.45) is 0 Å². The molecule has 3 unspecified atom stereocenters. The molecule has 6 nitrogen and oxygen atoms in total. The van der Waals surface area contributed by atoms with Crippen molar-refractivity contribution in [2.45, 2.75) is 63.4 Å². The van der Waals surface area contributed by atoms with Crippen molar-refractivity contribution in [1.29, 1.82) is 0 Å². The number of ether oxygens (including phenoxy) is 1. The van der Waals surface area contributed by atoms with Crippen LogP contribution in [0.3, 0.4) is 0 Å². The van der Waals surface area contributed by atoms with E-state index in [0.717, 1.165) is 17.9 Å². The van der Waals surface area contributed by atoms with E-state index in [-0.39, 0.29) is 18.2 Å². The van der Waals surface area contributed by atoms with Crippen molar-refractivity contribution in [3.05, 3.63) is 71.4 Å². The maximum absolute atomic E-state index is 11.1. The van der Waals surface area contributed by atoms with Gasteiger partial charge in [-0.1, -0.05) is 42.5 Å². The number of nitrogens with zero attached hydrogens (tertiary/aromatic N) is 1. The SMILES string of the molecule is CC(=O)NNCC1CC(O)CC(n2cc(Cc3ccc(C4CC4)cc3)c3ccccc32)O1. The minimum absolute atomic E-state index is 0.149. The van der Waals surface area contributed by atoms with Crippen molar-refractivity contribution in [3.63, 3.8) is 0 Å². The maximum Gasteiger partial charge on any atom is 0.230 e. The molecule has 2 aliphatic rings. The highest BCUT2D eigenvalue weighted by Crippen LogP contribution is 2.40. The zero-order valence-corrected chi connectivity index (χ0v) is 18.5. The number of aliphatic hydroxyl groups is 1. The molecule has 5 rings (SSSR count). The standard InChI is InChI=1S/C26H31N3O3/c1-17(30)28-27-15-23-13-22(31)14-26(32-23)29-16-21(24-4-2-3-5-25(24)29)12-18-6-8-19(9-7-18)20-10-11-20/h2-9,16,20,22-23,26-27,31H,10-15H2,1H3,(H,28,30). The Morgan fingerprint density at radius 2 is 1.91 bits per heavy atom. The summed E-state index contributed by atoms with van der Waals surface area (Å²) in [7, 11) is 0. The molecule has 3 N–H and O–H groups in total. The van der Waals surface area contributed by atoms with Gasteiger partial charge >= 0.3 is 0 Å². The number of carbonyl (C=O) groups excluding carboxylic acids is 1. The van der Waals surface area contributed by atoms with Crippen LogP contribution < -0.4 is 10.9 Å². The zero-order valence-electron chi connectivity index (χ0n) is 18.5. The van der Waals surface area contributed by atoms with Crippen LogP contribution in [0.2, 0.25) is 0 Å². The highest BCUT2D eigenvalue weighted by atomic mass is 16.5. The lowest BCUT2D eigenvalue weighted by Gasteiger charge is -2.34. The highest BCUT2D eigenvalue weighted by molar-refractivity contribution is 5.84. The van der Waals surface area contributed by atoms with E-state index in [0.29, 0.717) is 19.4 Å². The second-order valence-electron chi connectivity index (χ2n) is 9.17. The fourth-order valence-electron chi connectivity index (χ4n) is 4.77. The molecule has 0 bridgehead atoms. The summed E-state index contributed by atoms with van der Waals surface area (Å²) in [4.78, 5) is 11.1. The Balaban J connectivity index is 1.37. The fourth-order valence-corrected chi connectivity index (χ4v) is 4.77. The molecular formula is C26H31N3O3. The zero-order chi connectivity index (χ0) is 22.1. The molecule has 0 spiro atoms. The van der Waals surface area contributed by atoms with E-state index in [9.17, 15) is 9.90 Å². The van der Waals surface area contributed by atoms with Crippen LogP contribution in [0.1, 0.15) is 61.4 Å². The number of hydrogen-bond donors (Lipinski definition) is 3. The van der Waals surface area contributed by atoms with Gasteiger partial charge in [0.15, 0.2) is 0 Å². The van der Waals surface area contributed by atoms with Crippen molar-refractivity contribution in [1.82, 2.24) is 15.4 Å². The second kappa shape index (κ2) is 9.06. The summed E-state index contributed by atoms with van der Waals surface area (Å²) in [6, 6.07) is 17.5. The number of hydrogen-bond acceptors (Lipinski definition) is 4. The van der Waals surface area contributed by atoms with Gasteiger partial charge in [0, 0.05) is 37.9 Å². The average Bonchev–Trinajstić information content (AvgIpc) is 3.56. The molecule has 2 aromatic carbocycles. The predicted octanol–water partition coefficient (Wildman–Crippen LogP) is 3.79. The molecule has 2 fully saturated rings. The Morgan fingerprint density at radius 3 is 2.66 bits per heavy atom. The van der Waals surface area contributed by atoms with Gasteiger partial charge in [0.25, 0.3) is 0 Å². The smallest absolute Gasteiger partial charge is 0.230 e. The van der Waals surface area contributed by atoms with Gasteiger partial charge in [0.2, 0.25) is 5.91 Å². The molecule has 2 heterocycles. The topological polar surface area (TPSA) is 75.5 Å². The van der Waals surface area contributed by atoms with E-state index in [1.165, 1.54) is 41.8 Å². The summed E-state index contributed by atoms with van der Waals surface area (Å²) < 4.78 is 8.50. The van der Waals surface area contributed by atoms with Crippen LogP contribution >= 0.6 is 0 Å². The van der Waals surface area contributed by atoms with Gasteiger partial charge in [-0.15, -0.1) is 0 Å². The van der Waals surface area contributed by atoms with Gasteiger partial charge in [-0.3, -0.25) is 10.2 Å². The van der Waals surface area contributed by atoms with E-state index in [1.807, 2.05) is 6.07 Å². The molecule has 1 aliphatic heterocycles. The Hall–Kier alpha value is -2.67. The molecule has 3 aromatic rings. The number of amides is 1. The molecular weight excluding hydrogens is 402 g/mol. The van der Waals surface area contributed by atoms with E-state index in [4.69, 9.17) is 4.74 Å². The molecule has 3 atom stereocenters. The number of rotatable bonds is 7. The third kappa shape index (κ3) is 4.72. The van der Waals surface area contributed by atoms with Gasteiger partial charge in [0.05, 0.1) is 17.7 Å². The largest absolute Gasteiger partial charge is 0.393 e. The number of benzene rings is 2. The Bertz CT molecular complexity index is 1090. The minimum Gasteiger partial charge on any atom is -0.393 e. The third-order valence-electron chi connectivity index (χ3n) is 6.51. The van der Waals surface area contributed by atoms with Crippen molar-refractivity contribution in [3.8, 4) is 0 Å². The van der Waals surface area contributed by atoms with Crippen molar-refractivity contribution < 1.29 is 14.6 Å². The molecule has 168 valence electrons. The van der Waals surface area contributed by atoms with Crippen LogP contribution in [-0.2, 0) is 16.0 Å². The second-order valence-corrected chi connectivity index (χ2v) is 9.17. The summed E-state index contributed by atoms with van der Waals surface area (Å²) in [5, 5.41) is 11.7. The van der Waals surface area contributed by atoms with Gasteiger partial charge < -0.3 is 14.4 Å². The quantitative estimate of drug-likeness (QED) is 0.496. The fraction of sp³-hybridized carbons (Fsp3) is 0.423. The number of aromatic nitrogens is 1. The average molecular weight is 434 g/mol. The van der Waals surface area contributed by atoms with Crippen LogP contribution in [0.4, 0.5) is 0 Å². The monoisotopic (exact) mass is 433 g/mol. The molecule has 1 aliphatic carbocycles. The van der Waals surface area contributed by atoms with Crippen LogP contribution in [-0.4, -0.2) is 34.3 Å². The van der Waals surface area contributed by atoms with Gasteiger partial charge in [0.1, 0.15) is 6.23 Å². The number of nitrogens with one attached hydrogen (secondary N) is 2. The van der Waals surface area contributed by atoms with Crippen molar-refractivity contribution >= 4 is 16.8 Å². The first-order valence-corrected chi connectivity index (χ1v) is 11.6. The number of para-hydroxylation sites is 1. The van der Waals surface area contributed by atoms with E-state index < -0.39 is 6.10 Å². The highest BCUT2D eigenvalue weighted by Gasteiger charge is 2.30. The number of carbonyl (C=O) groups is 1. The molecule has 6 heteroatoms. The first-order chi connectivity index (χ1) is 15.6. The number of fused-ring (bicyclic) bond motifs is 1. The predicted molar refractivity (Wildman–Crippen MR) is 124 cm³/mol. The Morgan fingerprint density at radius 1 is 1.12 bits per heavy atom. The van der Waals surface area contributed by atoms with Crippen LogP contribution in [0.15, 0.2) is 54.7 Å². The Labute approximate surface area is 188 Å². The summed E-state index contributed by atoms with van der Waals surface area (Å²) in [5.74, 6) is 0.623. The van der Waals surface area contributed by atoms with E-state index >= 15 is 0 Å². The number of aliphatic hydroxyl groups excluding tert-OH is 1. The van der Waals surface area contributed by atoms with E-state index in [1.54, 1.807) is 0 Å². The van der Waals surface area contributed by atoms with Crippen LogP contribution in [0.25, 0.3) is 10.9 Å². The van der Waals surface area contributed by atoms with Crippen LogP contribution in [0.5, 0.6) is 0 Å². The first kappa shape index (κ1) is 21.2. The third-order valence-corrected chi connectivity index (χ3v) is 6.51. The summed E-state index contributed by atoms with van der Waals surface area (Å²) in [6.45, 7) is 1.91. The molecule has 32 heavy (non-hydrogen) atoms. The summed E-state index contributed by atoms with van der Waals surface area (Å²) >= 11 is 0. The Kier molecular flexibility index (Phi) is 6.00. The summed E-state index contributed by atoms with van der Waals surface area (Å²) in [6.07, 6.45) is 5.89. The lowest BCUT2D eigenvalue weighted by molar-refractivity contribution is -0.128. The molecule has 1 saturated heterocycles. The number of hydrazine groups is 1. The normalized spacial score (nSPS) is 23.4. The molecule has 1 saturated carbocycles.